The largest absolute Gasteiger partial charge is 0.494 e. The van der Waals surface area contributed by atoms with E-state index < -0.39 is 44.4 Å². The number of sulfonamides is 1. The number of hydrogen-bond acceptors (Lipinski definition) is 8. The Kier molecular flexibility index (Phi) is 7.59. The standard InChI is InChI=1S/C21H24N2O8S2/c1-2-30-18-7-9-19(10-8-18)33(28,29)23-16-5-3-15(4-6-16)21(25)31-13-20(24)22-17-11-12-32(26,27)14-17/h3-10,17,23H,2,11-14H2,1H3,(H,22,24)/t17-/m1/s1. The number of benzene rings is 2. The monoisotopic (exact) mass is 496 g/mol. The topological polar surface area (TPSA) is 145 Å². The highest BCUT2D eigenvalue weighted by Gasteiger charge is 2.29. The van der Waals surface area contributed by atoms with Gasteiger partial charge in [0.25, 0.3) is 15.9 Å². The van der Waals surface area contributed by atoms with E-state index in [0.29, 0.717) is 18.8 Å². The lowest BCUT2D eigenvalue weighted by atomic mass is 10.2. The lowest BCUT2D eigenvalue weighted by molar-refractivity contribution is -0.124. The molecule has 2 N–H and O–H groups in total. The molecular weight excluding hydrogens is 472 g/mol. The number of hydrogen-bond donors (Lipinski definition) is 2. The molecule has 0 saturated carbocycles. The van der Waals surface area contributed by atoms with Crippen molar-refractivity contribution in [2.24, 2.45) is 0 Å². The molecule has 2 aromatic carbocycles. The van der Waals surface area contributed by atoms with Gasteiger partial charge in [-0.3, -0.25) is 9.52 Å². The predicted octanol–water partition coefficient (Wildman–Crippen LogP) is 1.35. The normalized spacial score (nSPS) is 17.2. The molecule has 0 spiro atoms. The Morgan fingerprint density at radius 3 is 2.30 bits per heavy atom. The Balaban J connectivity index is 1.52. The van der Waals surface area contributed by atoms with Crippen molar-refractivity contribution >= 4 is 37.4 Å². The van der Waals surface area contributed by atoms with Crippen LogP contribution >= 0.6 is 0 Å². The van der Waals surface area contributed by atoms with E-state index in [4.69, 9.17) is 9.47 Å². The molecule has 0 aromatic heterocycles. The number of sulfone groups is 1. The molecule has 2 aromatic rings. The minimum Gasteiger partial charge on any atom is -0.494 e. The van der Waals surface area contributed by atoms with Gasteiger partial charge in [-0.05, 0) is 61.9 Å². The number of amides is 1. The van der Waals surface area contributed by atoms with Crippen LogP contribution in [0.3, 0.4) is 0 Å². The van der Waals surface area contributed by atoms with E-state index in [9.17, 15) is 26.4 Å². The van der Waals surface area contributed by atoms with E-state index in [2.05, 4.69) is 10.0 Å². The van der Waals surface area contributed by atoms with Gasteiger partial charge in [0.1, 0.15) is 5.75 Å². The summed E-state index contributed by atoms with van der Waals surface area (Å²) < 4.78 is 60.5. The molecule has 1 aliphatic heterocycles. The third-order valence-electron chi connectivity index (χ3n) is 4.75. The van der Waals surface area contributed by atoms with Crippen molar-refractivity contribution in [2.75, 3.05) is 29.4 Å². The van der Waals surface area contributed by atoms with Crippen LogP contribution in [0, 0.1) is 0 Å². The number of carbonyl (C=O) groups excluding carboxylic acids is 2. The molecule has 0 unspecified atom stereocenters. The zero-order valence-electron chi connectivity index (χ0n) is 17.8. The lowest BCUT2D eigenvalue weighted by Gasteiger charge is -2.11. The van der Waals surface area contributed by atoms with Crippen LogP contribution in [0.4, 0.5) is 5.69 Å². The average molecular weight is 497 g/mol. The molecule has 33 heavy (non-hydrogen) atoms. The summed E-state index contributed by atoms with van der Waals surface area (Å²) in [7, 11) is -6.97. The summed E-state index contributed by atoms with van der Waals surface area (Å²) in [6.07, 6.45) is 0.329. The zero-order valence-corrected chi connectivity index (χ0v) is 19.4. The number of nitrogens with one attached hydrogen (secondary N) is 2. The van der Waals surface area contributed by atoms with Crippen molar-refractivity contribution in [1.29, 1.82) is 0 Å². The van der Waals surface area contributed by atoms with Gasteiger partial charge < -0.3 is 14.8 Å². The highest BCUT2D eigenvalue weighted by atomic mass is 32.2. The quantitative estimate of drug-likeness (QED) is 0.495. The van der Waals surface area contributed by atoms with Crippen LogP contribution in [0.15, 0.2) is 53.4 Å². The fourth-order valence-corrected chi connectivity index (χ4v) is 5.89. The second kappa shape index (κ2) is 10.2. The van der Waals surface area contributed by atoms with Crippen molar-refractivity contribution in [3.8, 4) is 5.75 Å². The van der Waals surface area contributed by atoms with Gasteiger partial charge >= 0.3 is 5.97 Å². The minimum atomic E-state index is -3.84. The van der Waals surface area contributed by atoms with Gasteiger partial charge in [-0.15, -0.1) is 0 Å². The molecular formula is C21H24N2O8S2. The predicted molar refractivity (Wildman–Crippen MR) is 120 cm³/mol. The maximum absolute atomic E-state index is 12.5. The van der Waals surface area contributed by atoms with Crippen LogP contribution in [0.2, 0.25) is 0 Å². The molecule has 10 nitrogen and oxygen atoms in total. The smallest absolute Gasteiger partial charge is 0.338 e. The maximum Gasteiger partial charge on any atom is 0.338 e. The number of anilines is 1. The Bertz CT molecular complexity index is 1210. The van der Waals surface area contributed by atoms with Gasteiger partial charge in [-0.1, -0.05) is 0 Å². The number of esters is 1. The summed E-state index contributed by atoms with van der Waals surface area (Å²) in [6, 6.07) is 11.0. The molecule has 1 heterocycles. The van der Waals surface area contributed by atoms with Gasteiger partial charge in [0, 0.05) is 11.7 Å². The van der Waals surface area contributed by atoms with E-state index in [0.717, 1.165) is 0 Å². The van der Waals surface area contributed by atoms with Crippen molar-refractivity contribution in [3.05, 3.63) is 54.1 Å². The molecule has 0 aliphatic carbocycles. The SMILES string of the molecule is CCOc1ccc(S(=O)(=O)Nc2ccc(C(=O)OCC(=O)N[C@@H]3CCS(=O)(=O)C3)cc2)cc1. The van der Waals surface area contributed by atoms with Crippen molar-refractivity contribution in [3.63, 3.8) is 0 Å². The number of rotatable bonds is 9. The van der Waals surface area contributed by atoms with Crippen LogP contribution in [0.25, 0.3) is 0 Å². The van der Waals surface area contributed by atoms with Gasteiger partial charge in [0.15, 0.2) is 16.4 Å². The first-order valence-electron chi connectivity index (χ1n) is 10.1. The first kappa shape index (κ1) is 24.5. The maximum atomic E-state index is 12.5. The molecule has 1 amide bonds. The molecule has 178 valence electrons. The molecule has 12 heteroatoms. The van der Waals surface area contributed by atoms with Crippen LogP contribution in [0.1, 0.15) is 23.7 Å². The number of ether oxygens (including phenoxy) is 2. The zero-order chi connectivity index (χ0) is 24.1. The van der Waals surface area contributed by atoms with E-state index >= 15 is 0 Å². The molecule has 1 fully saturated rings. The summed E-state index contributed by atoms with van der Waals surface area (Å²) in [5.74, 6) is -0.913. The third-order valence-corrected chi connectivity index (χ3v) is 7.91. The van der Waals surface area contributed by atoms with Gasteiger partial charge in [0.05, 0.1) is 28.6 Å². The van der Waals surface area contributed by atoms with Crippen LogP contribution in [-0.2, 0) is 29.4 Å². The molecule has 0 radical (unpaired) electrons. The molecule has 1 aliphatic rings. The summed E-state index contributed by atoms with van der Waals surface area (Å²) in [6.45, 7) is 1.74. The summed E-state index contributed by atoms with van der Waals surface area (Å²) >= 11 is 0. The Hall–Kier alpha value is -3.12. The number of carbonyl (C=O) groups is 2. The fourth-order valence-electron chi connectivity index (χ4n) is 3.16. The fraction of sp³-hybridized carbons (Fsp3) is 0.333. The summed E-state index contributed by atoms with van der Waals surface area (Å²) in [5, 5.41) is 2.52. The van der Waals surface area contributed by atoms with E-state index in [1.54, 1.807) is 12.1 Å². The van der Waals surface area contributed by atoms with Crippen molar-refractivity contribution in [2.45, 2.75) is 24.3 Å². The van der Waals surface area contributed by atoms with Crippen molar-refractivity contribution in [1.82, 2.24) is 5.32 Å². The summed E-state index contributed by atoms with van der Waals surface area (Å²) in [4.78, 5) is 24.1. The van der Waals surface area contributed by atoms with Crippen LogP contribution in [0.5, 0.6) is 5.75 Å². The minimum absolute atomic E-state index is 0.0203. The van der Waals surface area contributed by atoms with Gasteiger partial charge in [-0.2, -0.15) is 0 Å². The van der Waals surface area contributed by atoms with E-state index in [-0.39, 0.29) is 27.7 Å². The first-order chi connectivity index (χ1) is 15.6. The average Bonchev–Trinajstić information content (AvgIpc) is 3.11. The first-order valence-corrected chi connectivity index (χ1v) is 13.4. The van der Waals surface area contributed by atoms with Gasteiger partial charge in [0.2, 0.25) is 0 Å². The molecule has 1 atom stereocenters. The second-order valence-electron chi connectivity index (χ2n) is 7.33. The molecule has 1 saturated heterocycles. The second-order valence-corrected chi connectivity index (χ2v) is 11.2. The van der Waals surface area contributed by atoms with E-state index in [1.807, 2.05) is 6.92 Å². The lowest BCUT2D eigenvalue weighted by Crippen LogP contribution is -2.38. The Labute approximate surface area is 192 Å². The summed E-state index contributed by atoms with van der Waals surface area (Å²) in [5.41, 5.74) is 0.357. The van der Waals surface area contributed by atoms with Crippen molar-refractivity contribution < 1.29 is 35.9 Å². The highest BCUT2D eigenvalue weighted by Crippen LogP contribution is 2.20. The Morgan fingerprint density at radius 1 is 1.06 bits per heavy atom. The Morgan fingerprint density at radius 2 is 1.73 bits per heavy atom. The van der Waals surface area contributed by atoms with E-state index in [1.165, 1.54) is 36.4 Å². The molecule has 3 rings (SSSR count). The van der Waals surface area contributed by atoms with Gasteiger partial charge in [-0.25, -0.2) is 21.6 Å². The van der Waals surface area contributed by atoms with Crippen LogP contribution < -0.4 is 14.8 Å². The highest BCUT2D eigenvalue weighted by molar-refractivity contribution is 7.92. The van der Waals surface area contributed by atoms with Crippen LogP contribution in [-0.4, -0.2) is 59.5 Å². The molecule has 0 bridgehead atoms. The third kappa shape index (κ3) is 6.93.